The van der Waals surface area contributed by atoms with Crippen LogP contribution >= 0.6 is 11.8 Å². The van der Waals surface area contributed by atoms with Gasteiger partial charge in [0.1, 0.15) is 22.9 Å². The van der Waals surface area contributed by atoms with Crippen molar-refractivity contribution in [3.05, 3.63) is 80.6 Å². The van der Waals surface area contributed by atoms with Crippen LogP contribution in [-0.4, -0.2) is 10.9 Å². The number of rotatable bonds is 5. The van der Waals surface area contributed by atoms with Crippen molar-refractivity contribution < 1.29 is 13.9 Å². The molecule has 3 nitrogen and oxygen atoms in total. The Bertz CT molecular complexity index is 1060. The van der Waals surface area contributed by atoms with Crippen LogP contribution in [-0.2, 0) is 6.42 Å². The van der Waals surface area contributed by atoms with Gasteiger partial charge < -0.3 is 9.52 Å². The van der Waals surface area contributed by atoms with Gasteiger partial charge in [0.2, 0.25) is 0 Å². The van der Waals surface area contributed by atoms with E-state index >= 15 is 0 Å². The smallest absolute Gasteiger partial charge is 0.347 e. The number of thioether (sulfide) groups is 1. The molecule has 28 heavy (non-hydrogen) atoms. The van der Waals surface area contributed by atoms with Crippen molar-refractivity contribution >= 4 is 11.8 Å². The first-order valence-corrected chi connectivity index (χ1v) is 10.1. The lowest BCUT2D eigenvalue weighted by molar-refractivity contribution is 0.423. The molecule has 0 aliphatic rings. The molecule has 146 valence electrons. The van der Waals surface area contributed by atoms with Gasteiger partial charge in [0.25, 0.3) is 0 Å². The summed E-state index contributed by atoms with van der Waals surface area (Å²) in [7, 11) is 0. The maximum absolute atomic E-state index is 13.3. The summed E-state index contributed by atoms with van der Waals surface area (Å²) in [6, 6.07) is 10.3. The lowest BCUT2D eigenvalue weighted by Crippen LogP contribution is -2.10. The zero-order valence-corrected chi connectivity index (χ0v) is 17.2. The van der Waals surface area contributed by atoms with Crippen molar-refractivity contribution in [2.24, 2.45) is 0 Å². The summed E-state index contributed by atoms with van der Waals surface area (Å²) in [5.41, 5.74) is 3.92. The Morgan fingerprint density at radius 3 is 2.36 bits per heavy atom. The normalized spacial score (nSPS) is 11.0. The van der Waals surface area contributed by atoms with E-state index in [2.05, 4.69) is 0 Å². The fourth-order valence-electron chi connectivity index (χ4n) is 3.51. The molecule has 0 aliphatic heterocycles. The molecule has 3 rings (SSSR count). The van der Waals surface area contributed by atoms with E-state index in [-0.39, 0.29) is 17.1 Å². The van der Waals surface area contributed by atoms with E-state index < -0.39 is 5.63 Å². The van der Waals surface area contributed by atoms with Gasteiger partial charge >= 0.3 is 5.63 Å². The van der Waals surface area contributed by atoms with Gasteiger partial charge in [0.15, 0.2) is 0 Å². The minimum Gasteiger partial charge on any atom is -0.507 e. The van der Waals surface area contributed by atoms with Crippen LogP contribution in [0.15, 0.2) is 50.5 Å². The second-order valence-electron chi connectivity index (χ2n) is 6.99. The number of halogens is 1. The first-order chi connectivity index (χ1) is 13.3. The fourth-order valence-corrected chi connectivity index (χ4v) is 4.40. The number of hydrogen-bond donors (Lipinski definition) is 1. The highest BCUT2D eigenvalue weighted by Crippen LogP contribution is 2.35. The van der Waals surface area contributed by atoms with E-state index in [1.807, 2.05) is 39.0 Å². The van der Waals surface area contributed by atoms with Crippen molar-refractivity contribution in [3.63, 3.8) is 0 Å². The van der Waals surface area contributed by atoms with E-state index in [0.717, 1.165) is 27.1 Å². The highest BCUT2D eigenvalue weighted by molar-refractivity contribution is 7.99. The summed E-state index contributed by atoms with van der Waals surface area (Å²) in [4.78, 5) is 13.5. The summed E-state index contributed by atoms with van der Waals surface area (Å²) in [6.45, 7) is 7.60. The number of aryl methyl sites for hydroxylation is 4. The molecular weight excluding hydrogens is 375 g/mol. The van der Waals surface area contributed by atoms with Gasteiger partial charge in [-0.2, -0.15) is 0 Å². The molecule has 0 spiro atoms. The van der Waals surface area contributed by atoms with Crippen LogP contribution in [0.2, 0.25) is 0 Å². The summed E-state index contributed by atoms with van der Waals surface area (Å²) in [5.74, 6) is 0.752. The van der Waals surface area contributed by atoms with Crippen LogP contribution in [0.3, 0.4) is 0 Å². The lowest BCUT2D eigenvalue weighted by atomic mass is 9.93. The number of aromatic hydroxyl groups is 1. The monoisotopic (exact) mass is 398 g/mol. The number of benzene rings is 2. The SMILES string of the molecule is Cc1cc(C)c(-c2c(O)c(C)c(CCSc3cccc(F)c3)oc2=O)c(C)c1. The maximum Gasteiger partial charge on any atom is 0.347 e. The average Bonchev–Trinajstić information content (AvgIpc) is 2.61. The first kappa shape index (κ1) is 20.2. The van der Waals surface area contributed by atoms with Gasteiger partial charge in [-0.15, -0.1) is 11.8 Å². The van der Waals surface area contributed by atoms with Gasteiger partial charge in [-0.3, -0.25) is 0 Å². The van der Waals surface area contributed by atoms with Crippen LogP contribution in [0.4, 0.5) is 4.39 Å². The highest BCUT2D eigenvalue weighted by atomic mass is 32.2. The summed E-state index contributed by atoms with van der Waals surface area (Å²) in [6.07, 6.45) is 0.460. The van der Waals surface area contributed by atoms with Crippen molar-refractivity contribution in [3.8, 4) is 16.9 Å². The van der Waals surface area contributed by atoms with Crippen molar-refractivity contribution in [2.75, 3.05) is 5.75 Å². The predicted molar refractivity (Wildman–Crippen MR) is 112 cm³/mol. The minimum absolute atomic E-state index is 0.0305. The largest absolute Gasteiger partial charge is 0.507 e. The summed E-state index contributed by atoms with van der Waals surface area (Å²) < 4.78 is 18.9. The Balaban J connectivity index is 1.90. The lowest BCUT2D eigenvalue weighted by Gasteiger charge is -2.14. The first-order valence-electron chi connectivity index (χ1n) is 9.10. The third-order valence-corrected chi connectivity index (χ3v) is 5.75. The zero-order valence-electron chi connectivity index (χ0n) is 16.4. The Hall–Kier alpha value is -2.53. The quantitative estimate of drug-likeness (QED) is 0.559. The Morgan fingerprint density at radius 1 is 1.04 bits per heavy atom. The molecule has 0 amide bonds. The van der Waals surface area contributed by atoms with E-state index in [0.29, 0.717) is 23.5 Å². The van der Waals surface area contributed by atoms with Crippen LogP contribution in [0.5, 0.6) is 5.75 Å². The van der Waals surface area contributed by atoms with Gasteiger partial charge in [-0.05, 0) is 62.6 Å². The third-order valence-electron chi connectivity index (χ3n) is 4.75. The van der Waals surface area contributed by atoms with Gasteiger partial charge in [-0.1, -0.05) is 23.8 Å². The molecule has 3 aromatic rings. The molecule has 0 aliphatic carbocycles. The molecule has 0 bridgehead atoms. The topological polar surface area (TPSA) is 50.4 Å². The van der Waals surface area contributed by atoms with E-state index in [4.69, 9.17) is 4.42 Å². The fraction of sp³-hybridized carbons (Fsp3) is 0.261. The standard InChI is InChI=1S/C23H23FO3S/c1-13-10-14(2)20(15(3)11-13)21-22(25)16(4)19(27-23(21)26)8-9-28-18-7-5-6-17(24)12-18/h5-7,10-12,25H,8-9H2,1-4H3. The molecule has 0 radical (unpaired) electrons. The van der Waals surface area contributed by atoms with E-state index in [9.17, 15) is 14.3 Å². The Labute approximate surface area is 168 Å². The molecule has 0 saturated carbocycles. The second-order valence-corrected chi connectivity index (χ2v) is 8.16. The molecule has 0 fully saturated rings. The van der Waals surface area contributed by atoms with Crippen molar-refractivity contribution in [1.82, 2.24) is 0 Å². The highest BCUT2D eigenvalue weighted by Gasteiger charge is 2.21. The van der Waals surface area contributed by atoms with Gasteiger partial charge in [0, 0.05) is 22.6 Å². The summed E-state index contributed by atoms with van der Waals surface area (Å²) >= 11 is 1.47. The molecule has 0 unspecified atom stereocenters. The van der Waals surface area contributed by atoms with Gasteiger partial charge in [0.05, 0.1) is 0 Å². The van der Waals surface area contributed by atoms with Crippen LogP contribution < -0.4 is 5.63 Å². The zero-order chi connectivity index (χ0) is 20.4. The average molecular weight is 398 g/mol. The maximum atomic E-state index is 13.3. The van der Waals surface area contributed by atoms with E-state index in [1.165, 1.54) is 23.9 Å². The van der Waals surface area contributed by atoms with Crippen molar-refractivity contribution in [1.29, 1.82) is 0 Å². The Morgan fingerprint density at radius 2 is 1.71 bits per heavy atom. The Kier molecular flexibility index (Phi) is 5.94. The second kappa shape index (κ2) is 8.23. The van der Waals surface area contributed by atoms with E-state index in [1.54, 1.807) is 13.0 Å². The molecule has 1 N–H and O–H groups in total. The molecule has 5 heteroatoms. The molecular formula is C23H23FO3S. The predicted octanol–water partition coefficient (Wildman–Crippen LogP) is 5.72. The molecule has 0 saturated heterocycles. The molecule has 1 heterocycles. The van der Waals surface area contributed by atoms with Crippen LogP contribution in [0.25, 0.3) is 11.1 Å². The van der Waals surface area contributed by atoms with Crippen molar-refractivity contribution in [2.45, 2.75) is 39.0 Å². The molecule has 2 aromatic carbocycles. The molecule has 1 aromatic heterocycles. The molecule has 0 atom stereocenters. The summed E-state index contributed by atoms with van der Waals surface area (Å²) in [5, 5.41) is 10.8. The minimum atomic E-state index is -0.538. The van der Waals surface area contributed by atoms with Gasteiger partial charge in [-0.25, -0.2) is 9.18 Å². The van der Waals surface area contributed by atoms with Crippen LogP contribution in [0, 0.1) is 33.5 Å². The number of hydrogen-bond acceptors (Lipinski definition) is 4. The van der Waals surface area contributed by atoms with Crippen LogP contribution in [0.1, 0.15) is 28.0 Å². The third kappa shape index (κ3) is 4.14.